The zero-order valence-electron chi connectivity index (χ0n) is 14.4. The average Bonchev–Trinajstić information content (AvgIpc) is 2.37. The highest BCUT2D eigenvalue weighted by Crippen LogP contribution is 2.29. The van der Waals surface area contributed by atoms with E-state index in [1.54, 1.807) is 0 Å². The molecular weight excluding hydrogens is 246 g/mol. The molecular formula is C17H35N3. The van der Waals surface area contributed by atoms with Gasteiger partial charge in [0, 0.05) is 31.2 Å². The van der Waals surface area contributed by atoms with E-state index < -0.39 is 0 Å². The van der Waals surface area contributed by atoms with Crippen LogP contribution >= 0.6 is 0 Å². The topological polar surface area (TPSA) is 18.5 Å². The summed E-state index contributed by atoms with van der Waals surface area (Å²) in [7, 11) is 2.26. The van der Waals surface area contributed by atoms with Crippen molar-refractivity contribution in [3.05, 3.63) is 0 Å². The summed E-state index contributed by atoms with van der Waals surface area (Å²) in [5, 5.41) is 3.82. The molecule has 1 N–H and O–H groups in total. The van der Waals surface area contributed by atoms with Gasteiger partial charge in [-0.3, -0.25) is 4.90 Å². The van der Waals surface area contributed by atoms with E-state index >= 15 is 0 Å². The van der Waals surface area contributed by atoms with Crippen LogP contribution in [-0.2, 0) is 0 Å². The summed E-state index contributed by atoms with van der Waals surface area (Å²) in [5.74, 6) is 0.739. The van der Waals surface area contributed by atoms with Gasteiger partial charge in [0.1, 0.15) is 0 Å². The van der Waals surface area contributed by atoms with Gasteiger partial charge < -0.3 is 10.2 Å². The van der Waals surface area contributed by atoms with Crippen molar-refractivity contribution in [3.63, 3.8) is 0 Å². The fourth-order valence-corrected chi connectivity index (χ4v) is 3.74. The Morgan fingerprint density at radius 3 is 2.20 bits per heavy atom. The zero-order valence-corrected chi connectivity index (χ0v) is 14.4. The number of piperazine rings is 1. The molecule has 0 aromatic rings. The van der Waals surface area contributed by atoms with Gasteiger partial charge >= 0.3 is 0 Å². The van der Waals surface area contributed by atoms with E-state index in [2.05, 4.69) is 56.8 Å². The third-order valence-corrected chi connectivity index (χ3v) is 5.36. The first-order chi connectivity index (χ1) is 9.29. The van der Waals surface area contributed by atoms with Crippen LogP contribution in [0.25, 0.3) is 0 Å². The summed E-state index contributed by atoms with van der Waals surface area (Å²) in [6, 6.07) is 2.13. The van der Waals surface area contributed by atoms with Crippen molar-refractivity contribution >= 4 is 0 Å². The summed E-state index contributed by atoms with van der Waals surface area (Å²) in [4.78, 5) is 5.33. The lowest BCUT2D eigenvalue weighted by atomic mass is 9.82. The van der Waals surface area contributed by atoms with E-state index in [9.17, 15) is 0 Å². The molecule has 2 aliphatic heterocycles. The summed E-state index contributed by atoms with van der Waals surface area (Å²) < 4.78 is 0. The lowest BCUT2D eigenvalue weighted by Crippen LogP contribution is -2.64. The number of hydrogen-bond donors (Lipinski definition) is 1. The third kappa shape index (κ3) is 3.75. The van der Waals surface area contributed by atoms with Gasteiger partial charge in [0.05, 0.1) is 0 Å². The second-order valence-corrected chi connectivity index (χ2v) is 8.37. The number of likely N-dealkylation sites (tertiary alicyclic amines) is 1. The number of hydrogen-bond acceptors (Lipinski definition) is 3. The minimum absolute atomic E-state index is 0.353. The Kier molecular flexibility index (Phi) is 5.14. The van der Waals surface area contributed by atoms with Crippen LogP contribution in [-0.4, -0.2) is 61.2 Å². The summed E-state index contributed by atoms with van der Waals surface area (Å²) in [6.45, 7) is 16.8. The van der Waals surface area contributed by atoms with Gasteiger partial charge in [-0.25, -0.2) is 0 Å². The lowest BCUT2D eigenvalue weighted by Gasteiger charge is -2.51. The van der Waals surface area contributed by atoms with Gasteiger partial charge in [-0.2, -0.15) is 0 Å². The molecule has 0 saturated carbocycles. The maximum absolute atomic E-state index is 3.82. The van der Waals surface area contributed by atoms with Crippen molar-refractivity contribution < 1.29 is 0 Å². The van der Waals surface area contributed by atoms with E-state index in [0.717, 1.165) is 18.5 Å². The first kappa shape index (κ1) is 16.3. The number of piperidine rings is 1. The Balaban J connectivity index is 2.07. The van der Waals surface area contributed by atoms with Crippen LogP contribution in [0.15, 0.2) is 0 Å². The molecule has 118 valence electrons. The predicted molar refractivity (Wildman–Crippen MR) is 87.1 cm³/mol. The van der Waals surface area contributed by atoms with Crippen molar-refractivity contribution in [2.45, 2.75) is 65.6 Å². The van der Waals surface area contributed by atoms with Crippen LogP contribution in [0.3, 0.4) is 0 Å². The van der Waals surface area contributed by atoms with Crippen molar-refractivity contribution in [2.75, 3.05) is 33.2 Å². The molecule has 20 heavy (non-hydrogen) atoms. The molecule has 0 aromatic carbocycles. The SMILES string of the molecule is CC(C)C1CNC(C(C)(C)C)CN1C1CCN(C)CC1. The highest BCUT2D eigenvalue weighted by Gasteiger charge is 2.38. The molecule has 0 amide bonds. The highest BCUT2D eigenvalue weighted by molar-refractivity contribution is 4.96. The summed E-state index contributed by atoms with van der Waals surface area (Å²) in [5.41, 5.74) is 0.353. The Morgan fingerprint density at radius 2 is 1.70 bits per heavy atom. The van der Waals surface area contributed by atoms with E-state index in [-0.39, 0.29) is 0 Å². The number of nitrogens with one attached hydrogen (secondary N) is 1. The summed E-state index contributed by atoms with van der Waals surface area (Å²) in [6.07, 6.45) is 2.69. The Bertz CT molecular complexity index is 300. The first-order valence-electron chi connectivity index (χ1n) is 8.46. The number of rotatable bonds is 2. The van der Waals surface area contributed by atoms with E-state index in [4.69, 9.17) is 0 Å². The van der Waals surface area contributed by atoms with Crippen molar-refractivity contribution in [1.29, 1.82) is 0 Å². The van der Waals surface area contributed by atoms with Gasteiger partial charge in [0.25, 0.3) is 0 Å². The van der Waals surface area contributed by atoms with E-state index in [0.29, 0.717) is 17.5 Å². The maximum Gasteiger partial charge on any atom is 0.0247 e. The highest BCUT2D eigenvalue weighted by atomic mass is 15.3. The van der Waals surface area contributed by atoms with Gasteiger partial charge in [0.2, 0.25) is 0 Å². The van der Waals surface area contributed by atoms with E-state index in [1.807, 2.05) is 0 Å². The van der Waals surface area contributed by atoms with E-state index in [1.165, 1.54) is 32.5 Å². The average molecular weight is 281 g/mol. The smallest absolute Gasteiger partial charge is 0.0247 e. The number of nitrogens with zero attached hydrogens (tertiary/aromatic N) is 2. The standard InChI is InChI=1S/C17H35N3/c1-13(2)15-11-18-16(17(3,4)5)12-20(15)14-7-9-19(6)10-8-14/h13-16,18H,7-12H2,1-6H3. The second-order valence-electron chi connectivity index (χ2n) is 8.37. The second kappa shape index (κ2) is 6.33. The largest absolute Gasteiger partial charge is 0.311 e. The van der Waals surface area contributed by atoms with Crippen LogP contribution in [0.4, 0.5) is 0 Å². The molecule has 0 aliphatic carbocycles. The van der Waals surface area contributed by atoms with Crippen molar-refractivity contribution in [1.82, 2.24) is 15.1 Å². The normalized spacial score (nSPS) is 31.9. The molecule has 2 unspecified atom stereocenters. The minimum atomic E-state index is 0.353. The molecule has 2 fully saturated rings. The summed E-state index contributed by atoms with van der Waals surface area (Å²) >= 11 is 0. The predicted octanol–water partition coefficient (Wildman–Crippen LogP) is 2.43. The van der Waals surface area contributed by atoms with Crippen molar-refractivity contribution in [3.8, 4) is 0 Å². The molecule has 3 nitrogen and oxygen atoms in total. The molecule has 0 bridgehead atoms. The molecule has 0 spiro atoms. The zero-order chi connectivity index (χ0) is 14.9. The molecule has 2 saturated heterocycles. The molecule has 2 atom stereocenters. The fraction of sp³-hybridized carbons (Fsp3) is 1.00. The quantitative estimate of drug-likeness (QED) is 0.838. The van der Waals surface area contributed by atoms with Crippen molar-refractivity contribution in [2.24, 2.45) is 11.3 Å². The fourth-order valence-electron chi connectivity index (χ4n) is 3.74. The molecule has 3 heteroatoms. The lowest BCUT2D eigenvalue weighted by molar-refractivity contribution is 0.00798. The minimum Gasteiger partial charge on any atom is -0.311 e. The van der Waals surface area contributed by atoms with Gasteiger partial charge in [-0.05, 0) is 44.3 Å². The van der Waals surface area contributed by atoms with Crippen LogP contribution in [0.5, 0.6) is 0 Å². The Morgan fingerprint density at radius 1 is 1.10 bits per heavy atom. The van der Waals surface area contributed by atoms with Gasteiger partial charge in [-0.1, -0.05) is 34.6 Å². The van der Waals surface area contributed by atoms with Crippen LogP contribution < -0.4 is 5.32 Å². The van der Waals surface area contributed by atoms with Crippen LogP contribution in [0.2, 0.25) is 0 Å². The van der Waals surface area contributed by atoms with Gasteiger partial charge in [0.15, 0.2) is 0 Å². The maximum atomic E-state index is 3.82. The van der Waals surface area contributed by atoms with Crippen LogP contribution in [0, 0.1) is 11.3 Å². The Hall–Kier alpha value is -0.120. The molecule has 2 aliphatic rings. The molecule has 0 aromatic heterocycles. The third-order valence-electron chi connectivity index (χ3n) is 5.36. The molecule has 2 rings (SSSR count). The first-order valence-corrected chi connectivity index (χ1v) is 8.46. The van der Waals surface area contributed by atoms with Crippen LogP contribution in [0.1, 0.15) is 47.5 Å². The van der Waals surface area contributed by atoms with Gasteiger partial charge in [-0.15, -0.1) is 0 Å². The molecule has 0 radical (unpaired) electrons. The Labute approximate surface area is 126 Å². The monoisotopic (exact) mass is 281 g/mol. The molecule has 2 heterocycles.